The van der Waals surface area contributed by atoms with Crippen molar-refractivity contribution in [3.05, 3.63) is 24.8 Å². The van der Waals surface area contributed by atoms with Crippen molar-refractivity contribution in [3.63, 3.8) is 0 Å². The summed E-state index contributed by atoms with van der Waals surface area (Å²) in [6.07, 6.45) is 1.91. The molecule has 0 bridgehead atoms. The second-order valence-corrected chi connectivity index (χ2v) is 3.48. The summed E-state index contributed by atoms with van der Waals surface area (Å²) in [5.74, 6) is 0. The third kappa shape index (κ3) is 7.66. The number of hydrogen-bond acceptors (Lipinski definition) is 1. The average molecular weight is 142 g/mol. The second kappa shape index (κ2) is 5.79. The molecule has 0 aromatic carbocycles. The quantitative estimate of drug-likeness (QED) is 0.319. The first-order valence-electron chi connectivity index (χ1n) is 3.10. The van der Waals surface area contributed by atoms with Crippen LogP contribution in [0.4, 0.5) is 0 Å². The van der Waals surface area contributed by atoms with Gasteiger partial charge < -0.3 is 4.43 Å². The van der Waals surface area contributed by atoms with E-state index in [1.807, 2.05) is 13.0 Å². The molecule has 0 aliphatic rings. The molecule has 0 unspecified atom stereocenters. The van der Waals surface area contributed by atoms with Gasteiger partial charge in [0.05, 0.1) is 6.61 Å². The molecule has 0 aromatic rings. The van der Waals surface area contributed by atoms with Gasteiger partial charge >= 0.3 is 0 Å². The van der Waals surface area contributed by atoms with Gasteiger partial charge in [-0.25, -0.2) is 0 Å². The summed E-state index contributed by atoms with van der Waals surface area (Å²) in [4.78, 5) is 0. The van der Waals surface area contributed by atoms with E-state index in [-0.39, 0.29) is 9.76 Å². The SMILES string of the molecule is C=CC[SiH2]OCC(=C)C. The molecule has 52 valence electrons. The summed E-state index contributed by atoms with van der Waals surface area (Å²) in [5.41, 5.74) is 1.10. The van der Waals surface area contributed by atoms with E-state index < -0.39 is 0 Å². The smallest absolute Gasteiger partial charge is 0.165 e. The van der Waals surface area contributed by atoms with Gasteiger partial charge in [-0.3, -0.25) is 0 Å². The fraction of sp³-hybridized carbons (Fsp3) is 0.429. The topological polar surface area (TPSA) is 9.23 Å². The molecule has 1 nitrogen and oxygen atoms in total. The van der Waals surface area contributed by atoms with E-state index in [4.69, 9.17) is 4.43 Å². The van der Waals surface area contributed by atoms with Crippen LogP contribution < -0.4 is 0 Å². The van der Waals surface area contributed by atoms with E-state index in [1.165, 1.54) is 0 Å². The zero-order valence-corrected chi connectivity index (χ0v) is 7.44. The Morgan fingerprint density at radius 1 is 1.78 bits per heavy atom. The Hall–Kier alpha value is -0.343. The molecule has 0 heterocycles. The molecule has 0 amide bonds. The highest BCUT2D eigenvalue weighted by molar-refractivity contribution is 6.27. The molecule has 0 aromatic heterocycles. The molecule has 2 heteroatoms. The van der Waals surface area contributed by atoms with Crippen molar-refractivity contribution < 1.29 is 4.43 Å². The van der Waals surface area contributed by atoms with Gasteiger partial charge in [-0.05, 0) is 13.0 Å². The van der Waals surface area contributed by atoms with Gasteiger partial charge in [0.15, 0.2) is 9.76 Å². The van der Waals surface area contributed by atoms with Crippen molar-refractivity contribution in [2.45, 2.75) is 13.0 Å². The molecule has 0 aliphatic heterocycles. The second-order valence-electron chi connectivity index (χ2n) is 2.09. The van der Waals surface area contributed by atoms with Crippen molar-refractivity contribution in [1.82, 2.24) is 0 Å². The van der Waals surface area contributed by atoms with Crippen molar-refractivity contribution in [2.24, 2.45) is 0 Å². The van der Waals surface area contributed by atoms with Gasteiger partial charge in [0.2, 0.25) is 0 Å². The summed E-state index contributed by atoms with van der Waals surface area (Å²) in [6.45, 7) is 10.0. The number of rotatable bonds is 5. The fourth-order valence-corrected chi connectivity index (χ4v) is 1.24. The minimum atomic E-state index is -0.310. The lowest BCUT2D eigenvalue weighted by Crippen LogP contribution is -1.98. The molecule has 9 heavy (non-hydrogen) atoms. The largest absolute Gasteiger partial charge is 0.420 e. The van der Waals surface area contributed by atoms with Crippen LogP contribution in [-0.2, 0) is 4.43 Å². The third-order valence-electron chi connectivity index (χ3n) is 0.815. The van der Waals surface area contributed by atoms with Crippen molar-refractivity contribution >= 4 is 9.76 Å². The Labute approximate surface area is 59.4 Å². The van der Waals surface area contributed by atoms with Crippen molar-refractivity contribution in [3.8, 4) is 0 Å². The molecule has 0 rings (SSSR count). The summed E-state index contributed by atoms with van der Waals surface area (Å²) in [7, 11) is -0.310. The van der Waals surface area contributed by atoms with Crippen LogP contribution in [-0.4, -0.2) is 16.4 Å². The van der Waals surface area contributed by atoms with Gasteiger partial charge in [0.25, 0.3) is 0 Å². The van der Waals surface area contributed by atoms with Gasteiger partial charge in [-0.1, -0.05) is 18.2 Å². The fourth-order valence-electron chi connectivity index (χ4n) is 0.413. The van der Waals surface area contributed by atoms with Crippen LogP contribution in [0.5, 0.6) is 0 Å². The number of allylic oxidation sites excluding steroid dienone is 1. The normalized spacial score (nSPS) is 10.3. The molecule has 0 spiro atoms. The van der Waals surface area contributed by atoms with Crippen LogP contribution in [0.2, 0.25) is 6.04 Å². The maximum Gasteiger partial charge on any atom is 0.165 e. The van der Waals surface area contributed by atoms with Gasteiger partial charge in [0, 0.05) is 0 Å². The first-order chi connectivity index (χ1) is 4.27. The van der Waals surface area contributed by atoms with Crippen LogP contribution in [0.3, 0.4) is 0 Å². The Balaban J connectivity index is 2.91. The molecular weight excluding hydrogens is 128 g/mol. The maximum atomic E-state index is 5.30. The van der Waals surface area contributed by atoms with E-state index in [2.05, 4.69) is 13.2 Å². The van der Waals surface area contributed by atoms with Crippen LogP contribution in [0.1, 0.15) is 6.92 Å². The van der Waals surface area contributed by atoms with Crippen LogP contribution in [0, 0.1) is 0 Å². The van der Waals surface area contributed by atoms with E-state index in [0.717, 1.165) is 18.2 Å². The lowest BCUT2D eigenvalue weighted by molar-refractivity contribution is 0.375. The predicted octanol–water partition coefficient (Wildman–Crippen LogP) is 1.27. The Morgan fingerprint density at radius 2 is 2.44 bits per heavy atom. The first kappa shape index (κ1) is 8.66. The molecular formula is C7H14OSi. The molecule has 0 radical (unpaired) electrons. The summed E-state index contributed by atoms with van der Waals surface area (Å²) in [5, 5.41) is 0. The average Bonchev–Trinajstić information content (AvgIpc) is 1.80. The minimum absolute atomic E-state index is 0.310. The molecule has 0 saturated heterocycles. The monoisotopic (exact) mass is 142 g/mol. The van der Waals surface area contributed by atoms with Gasteiger partial charge in [-0.2, -0.15) is 0 Å². The Bertz CT molecular complexity index is 99.1. The standard InChI is InChI=1S/C7H14OSi/c1-4-5-9-8-6-7(2)3/h4H,1-2,5-6,9H2,3H3. The highest BCUT2D eigenvalue weighted by Gasteiger charge is 1.85. The molecule has 0 atom stereocenters. The highest BCUT2D eigenvalue weighted by atomic mass is 28.2. The Kier molecular flexibility index (Phi) is 5.57. The highest BCUT2D eigenvalue weighted by Crippen LogP contribution is 1.88. The molecule has 0 fully saturated rings. The van der Waals surface area contributed by atoms with Crippen LogP contribution in [0.25, 0.3) is 0 Å². The lowest BCUT2D eigenvalue weighted by atomic mass is 10.4. The van der Waals surface area contributed by atoms with Gasteiger partial charge in [-0.15, -0.1) is 6.58 Å². The van der Waals surface area contributed by atoms with E-state index in [1.54, 1.807) is 0 Å². The molecule has 0 saturated carbocycles. The van der Waals surface area contributed by atoms with Crippen molar-refractivity contribution in [2.75, 3.05) is 6.61 Å². The first-order valence-corrected chi connectivity index (χ1v) is 4.68. The van der Waals surface area contributed by atoms with E-state index >= 15 is 0 Å². The minimum Gasteiger partial charge on any atom is -0.420 e. The molecule has 0 aliphatic carbocycles. The predicted molar refractivity (Wildman–Crippen MR) is 44.3 cm³/mol. The molecule has 0 N–H and O–H groups in total. The zero-order valence-electron chi connectivity index (χ0n) is 6.02. The van der Waals surface area contributed by atoms with Crippen LogP contribution in [0.15, 0.2) is 24.8 Å². The summed E-state index contributed by atoms with van der Waals surface area (Å²) < 4.78 is 5.30. The summed E-state index contributed by atoms with van der Waals surface area (Å²) >= 11 is 0. The summed E-state index contributed by atoms with van der Waals surface area (Å²) in [6, 6.07) is 1.06. The van der Waals surface area contributed by atoms with Crippen molar-refractivity contribution in [1.29, 1.82) is 0 Å². The number of hydrogen-bond donors (Lipinski definition) is 0. The van der Waals surface area contributed by atoms with Gasteiger partial charge in [0.1, 0.15) is 0 Å². The van der Waals surface area contributed by atoms with E-state index in [9.17, 15) is 0 Å². The van der Waals surface area contributed by atoms with E-state index in [0.29, 0.717) is 0 Å². The zero-order chi connectivity index (χ0) is 7.11. The lowest BCUT2D eigenvalue weighted by Gasteiger charge is -1.98. The van der Waals surface area contributed by atoms with Crippen LogP contribution >= 0.6 is 0 Å². The third-order valence-corrected chi connectivity index (χ3v) is 1.95. The maximum absolute atomic E-state index is 5.30. The Morgan fingerprint density at radius 3 is 2.89 bits per heavy atom.